The molecule has 0 aromatic heterocycles. The number of hydrogen-bond acceptors (Lipinski definition) is 4. The van der Waals surface area contributed by atoms with Crippen LogP contribution in [0.5, 0.6) is 5.75 Å². The zero-order valence-corrected chi connectivity index (χ0v) is 14.9. The standard InChI is InChI=1S/C20H23NO5/c1-14-5-3-4-6-17(14)18(13-19(22)23)21-20(24)15-7-9-16(10-8-15)26-12-11-25-2/h3-10,18H,11-13H2,1-2H3,(H,21,24)(H,22,23). The van der Waals surface area contributed by atoms with Crippen molar-refractivity contribution in [3.8, 4) is 5.75 Å². The molecule has 1 amide bonds. The van der Waals surface area contributed by atoms with Crippen LogP contribution < -0.4 is 10.1 Å². The van der Waals surface area contributed by atoms with E-state index >= 15 is 0 Å². The van der Waals surface area contributed by atoms with Gasteiger partial charge >= 0.3 is 5.97 Å². The van der Waals surface area contributed by atoms with Gasteiger partial charge in [0.15, 0.2) is 0 Å². The van der Waals surface area contributed by atoms with E-state index in [0.717, 1.165) is 11.1 Å². The lowest BCUT2D eigenvalue weighted by atomic mass is 9.98. The van der Waals surface area contributed by atoms with Crippen molar-refractivity contribution < 1.29 is 24.2 Å². The van der Waals surface area contributed by atoms with E-state index in [0.29, 0.717) is 24.5 Å². The quantitative estimate of drug-likeness (QED) is 0.674. The first-order chi connectivity index (χ1) is 12.5. The van der Waals surface area contributed by atoms with Gasteiger partial charge in [0.05, 0.1) is 19.1 Å². The van der Waals surface area contributed by atoms with E-state index in [-0.39, 0.29) is 12.3 Å². The van der Waals surface area contributed by atoms with Crippen molar-refractivity contribution in [1.29, 1.82) is 0 Å². The highest BCUT2D eigenvalue weighted by Crippen LogP contribution is 2.21. The first kappa shape index (κ1) is 19.5. The fourth-order valence-corrected chi connectivity index (χ4v) is 2.58. The van der Waals surface area contributed by atoms with E-state index in [9.17, 15) is 14.7 Å². The molecule has 0 bridgehead atoms. The van der Waals surface area contributed by atoms with E-state index < -0.39 is 12.0 Å². The van der Waals surface area contributed by atoms with Crippen molar-refractivity contribution in [2.45, 2.75) is 19.4 Å². The number of ether oxygens (including phenoxy) is 2. The van der Waals surface area contributed by atoms with Crippen LogP contribution >= 0.6 is 0 Å². The summed E-state index contributed by atoms with van der Waals surface area (Å²) in [6.45, 7) is 2.80. The fraction of sp³-hybridized carbons (Fsp3) is 0.300. The second kappa shape index (κ2) is 9.58. The van der Waals surface area contributed by atoms with Gasteiger partial charge < -0.3 is 19.9 Å². The number of carbonyl (C=O) groups excluding carboxylic acids is 1. The molecule has 0 aliphatic rings. The van der Waals surface area contributed by atoms with Gasteiger partial charge in [0.25, 0.3) is 5.91 Å². The van der Waals surface area contributed by atoms with E-state index in [2.05, 4.69) is 5.32 Å². The molecule has 0 spiro atoms. The minimum Gasteiger partial charge on any atom is -0.491 e. The first-order valence-electron chi connectivity index (χ1n) is 8.31. The number of aliphatic carboxylic acids is 1. The Morgan fingerprint density at radius 1 is 1.08 bits per heavy atom. The number of hydrogen-bond donors (Lipinski definition) is 2. The van der Waals surface area contributed by atoms with Crippen LogP contribution in [0.3, 0.4) is 0 Å². The monoisotopic (exact) mass is 357 g/mol. The molecule has 0 saturated carbocycles. The van der Waals surface area contributed by atoms with Crippen molar-refractivity contribution in [3.05, 3.63) is 65.2 Å². The van der Waals surface area contributed by atoms with Crippen LogP contribution in [0.4, 0.5) is 0 Å². The molecule has 0 saturated heterocycles. The van der Waals surface area contributed by atoms with Crippen molar-refractivity contribution in [3.63, 3.8) is 0 Å². The Balaban J connectivity index is 2.09. The predicted molar refractivity (Wildman–Crippen MR) is 97.5 cm³/mol. The number of aryl methyl sites for hydroxylation is 1. The molecule has 6 nitrogen and oxygen atoms in total. The lowest BCUT2D eigenvalue weighted by Crippen LogP contribution is -2.30. The third-order valence-electron chi connectivity index (χ3n) is 3.92. The lowest BCUT2D eigenvalue weighted by molar-refractivity contribution is -0.137. The van der Waals surface area contributed by atoms with Crippen LogP contribution in [-0.4, -0.2) is 37.3 Å². The Hall–Kier alpha value is -2.86. The molecule has 0 fully saturated rings. The molecule has 1 atom stereocenters. The summed E-state index contributed by atoms with van der Waals surface area (Å²) in [4.78, 5) is 23.7. The van der Waals surface area contributed by atoms with Gasteiger partial charge in [-0.05, 0) is 42.3 Å². The third-order valence-corrected chi connectivity index (χ3v) is 3.92. The number of methoxy groups -OCH3 is 1. The predicted octanol–water partition coefficient (Wildman–Crippen LogP) is 2.97. The van der Waals surface area contributed by atoms with Gasteiger partial charge in [0.1, 0.15) is 12.4 Å². The van der Waals surface area contributed by atoms with Crippen LogP contribution in [0.2, 0.25) is 0 Å². The molecule has 2 rings (SSSR count). The summed E-state index contributed by atoms with van der Waals surface area (Å²) in [5.41, 5.74) is 2.16. The summed E-state index contributed by atoms with van der Waals surface area (Å²) in [7, 11) is 1.60. The second-order valence-corrected chi connectivity index (χ2v) is 5.85. The van der Waals surface area contributed by atoms with Crippen LogP contribution in [0, 0.1) is 6.92 Å². The van der Waals surface area contributed by atoms with Gasteiger partial charge in [-0.15, -0.1) is 0 Å². The smallest absolute Gasteiger partial charge is 0.305 e. The Kier molecular flexibility index (Phi) is 7.17. The SMILES string of the molecule is COCCOc1ccc(C(=O)NC(CC(=O)O)c2ccccc2C)cc1. The molecule has 26 heavy (non-hydrogen) atoms. The number of rotatable bonds is 9. The highest BCUT2D eigenvalue weighted by molar-refractivity contribution is 5.94. The van der Waals surface area contributed by atoms with Gasteiger partial charge in [-0.3, -0.25) is 9.59 Å². The van der Waals surface area contributed by atoms with Crippen LogP contribution in [0.1, 0.15) is 33.9 Å². The topological polar surface area (TPSA) is 84.9 Å². The summed E-state index contributed by atoms with van der Waals surface area (Å²) >= 11 is 0. The van der Waals surface area contributed by atoms with Crippen molar-refractivity contribution in [1.82, 2.24) is 5.32 Å². The molecule has 0 heterocycles. The Bertz CT molecular complexity index is 742. The van der Waals surface area contributed by atoms with Crippen LogP contribution in [-0.2, 0) is 9.53 Å². The zero-order chi connectivity index (χ0) is 18.9. The molecule has 1 unspecified atom stereocenters. The Morgan fingerprint density at radius 3 is 2.38 bits per heavy atom. The molecule has 2 aromatic rings. The summed E-state index contributed by atoms with van der Waals surface area (Å²) < 4.78 is 10.4. The van der Waals surface area contributed by atoms with Gasteiger partial charge in [0, 0.05) is 12.7 Å². The maximum Gasteiger partial charge on any atom is 0.305 e. The minimum atomic E-state index is -0.972. The number of carboxylic acid groups (broad SMARTS) is 1. The van der Waals surface area contributed by atoms with E-state index in [1.54, 1.807) is 31.4 Å². The number of amides is 1. The molecular weight excluding hydrogens is 334 g/mol. The van der Waals surface area contributed by atoms with Gasteiger partial charge in [-0.2, -0.15) is 0 Å². The van der Waals surface area contributed by atoms with Gasteiger partial charge in [0.2, 0.25) is 0 Å². The maximum atomic E-state index is 12.5. The van der Waals surface area contributed by atoms with Crippen molar-refractivity contribution in [2.75, 3.05) is 20.3 Å². The van der Waals surface area contributed by atoms with Gasteiger partial charge in [-0.1, -0.05) is 24.3 Å². The minimum absolute atomic E-state index is 0.186. The van der Waals surface area contributed by atoms with E-state index in [1.165, 1.54) is 0 Å². The molecule has 0 aliphatic heterocycles. The molecule has 6 heteroatoms. The average Bonchev–Trinajstić information content (AvgIpc) is 2.62. The summed E-state index contributed by atoms with van der Waals surface area (Å²) in [6.07, 6.45) is -0.186. The zero-order valence-electron chi connectivity index (χ0n) is 14.9. The lowest BCUT2D eigenvalue weighted by Gasteiger charge is -2.19. The second-order valence-electron chi connectivity index (χ2n) is 5.85. The summed E-state index contributed by atoms with van der Waals surface area (Å²) in [5, 5.41) is 12.0. The largest absolute Gasteiger partial charge is 0.491 e. The maximum absolute atomic E-state index is 12.5. The first-order valence-corrected chi connectivity index (χ1v) is 8.31. The van der Waals surface area contributed by atoms with Crippen molar-refractivity contribution >= 4 is 11.9 Å². The van der Waals surface area contributed by atoms with Crippen LogP contribution in [0.15, 0.2) is 48.5 Å². The summed E-state index contributed by atoms with van der Waals surface area (Å²) in [6, 6.07) is 13.5. The molecule has 0 radical (unpaired) electrons. The Labute approximate surface area is 152 Å². The highest BCUT2D eigenvalue weighted by atomic mass is 16.5. The van der Waals surface area contributed by atoms with Gasteiger partial charge in [-0.25, -0.2) is 0 Å². The van der Waals surface area contributed by atoms with E-state index in [1.807, 2.05) is 31.2 Å². The average molecular weight is 357 g/mol. The molecular formula is C20H23NO5. The number of carboxylic acids is 1. The normalized spacial score (nSPS) is 11.6. The fourth-order valence-electron chi connectivity index (χ4n) is 2.58. The highest BCUT2D eigenvalue weighted by Gasteiger charge is 2.20. The van der Waals surface area contributed by atoms with E-state index in [4.69, 9.17) is 9.47 Å². The summed E-state index contributed by atoms with van der Waals surface area (Å²) in [5.74, 6) is -0.664. The number of nitrogens with one attached hydrogen (secondary N) is 1. The molecule has 2 N–H and O–H groups in total. The number of benzene rings is 2. The third kappa shape index (κ3) is 5.60. The molecule has 2 aromatic carbocycles. The van der Waals surface area contributed by atoms with Crippen LogP contribution in [0.25, 0.3) is 0 Å². The molecule has 0 aliphatic carbocycles. The van der Waals surface area contributed by atoms with Crippen molar-refractivity contribution in [2.24, 2.45) is 0 Å². The number of carbonyl (C=O) groups is 2. The Morgan fingerprint density at radius 2 is 1.77 bits per heavy atom. The molecule has 138 valence electrons.